The molecule has 0 aliphatic carbocycles. The second-order valence-corrected chi connectivity index (χ2v) is 13.5. The van der Waals surface area contributed by atoms with Gasteiger partial charge in [-0.2, -0.15) is 4.31 Å². The number of anilines is 1. The summed E-state index contributed by atoms with van der Waals surface area (Å²) in [4.78, 5) is 37.3. The number of sulfonamides is 1. The van der Waals surface area contributed by atoms with E-state index in [1.165, 1.54) is 31.2 Å². The van der Waals surface area contributed by atoms with E-state index in [4.69, 9.17) is 16.3 Å². The maximum atomic E-state index is 13.5. The van der Waals surface area contributed by atoms with Gasteiger partial charge in [0.1, 0.15) is 11.8 Å². The van der Waals surface area contributed by atoms with Crippen LogP contribution in [0.5, 0.6) is 5.75 Å². The van der Waals surface area contributed by atoms with E-state index in [2.05, 4.69) is 42.0 Å². The standard InChI is InChI=1S/C28H36ClN5O6S/c1-17(35)32-19-5-7-20(8-6-19)41(38,39)34-11-10-30-27(37)24(34)15-26(36)33-23-9-12-40-25-13-18(16-31-28(2,3)4)22(29)14-21(23)25/h5-8,13-14,23-24,31H,9-12,15-16H2,1-4H3,(H,30,37)(H,32,35)(H,33,36). The third-order valence-corrected chi connectivity index (χ3v) is 9.08. The number of halogens is 1. The van der Waals surface area contributed by atoms with Crippen molar-refractivity contribution in [3.63, 3.8) is 0 Å². The van der Waals surface area contributed by atoms with Crippen LogP contribution in [-0.2, 0) is 31.0 Å². The molecule has 222 valence electrons. The minimum atomic E-state index is -4.11. The molecule has 4 rings (SSSR count). The van der Waals surface area contributed by atoms with Crippen LogP contribution in [0.3, 0.4) is 0 Å². The number of nitrogens with one attached hydrogen (secondary N) is 4. The number of nitrogens with zero attached hydrogens (tertiary/aromatic N) is 1. The molecule has 1 saturated heterocycles. The lowest BCUT2D eigenvalue weighted by atomic mass is 9.97. The Kier molecular flexibility index (Phi) is 9.27. The normalized spacial score (nSPS) is 19.5. The Bertz CT molecular complexity index is 1420. The molecule has 2 aliphatic rings. The van der Waals surface area contributed by atoms with Crippen LogP contribution in [0.25, 0.3) is 0 Å². The van der Waals surface area contributed by atoms with Gasteiger partial charge in [0.05, 0.1) is 24.0 Å². The smallest absolute Gasteiger partial charge is 0.243 e. The molecule has 2 heterocycles. The van der Waals surface area contributed by atoms with Gasteiger partial charge in [0.15, 0.2) is 0 Å². The molecule has 0 saturated carbocycles. The molecule has 2 aliphatic heterocycles. The summed E-state index contributed by atoms with van der Waals surface area (Å²) in [7, 11) is -4.11. The van der Waals surface area contributed by atoms with Crippen molar-refractivity contribution in [2.75, 3.05) is 25.0 Å². The number of hydrogen-bond acceptors (Lipinski definition) is 7. The van der Waals surface area contributed by atoms with Crippen LogP contribution < -0.4 is 26.0 Å². The molecule has 2 atom stereocenters. The van der Waals surface area contributed by atoms with Crippen molar-refractivity contribution >= 4 is 45.0 Å². The fraction of sp³-hybridized carbons (Fsp3) is 0.464. The van der Waals surface area contributed by atoms with Crippen LogP contribution in [0.2, 0.25) is 5.02 Å². The quantitative estimate of drug-likeness (QED) is 0.362. The molecular weight excluding hydrogens is 570 g/mol. The number of ether oxygens (including phenoxy) is 1. The minimum absolute atomic E-state index is 0.0144. The van der Waals surface area contributed by atoms with Gasteiger partial charge in [0.25, 0.3) is 0 Å². The molecule has 3 amide bonds. The van der Waals surface area contributed by atoms with E-state index in [-0.39, 0.29) is 35.9 Å². The average molecular weight is 606 g/mol. The van der Waals surface area contributed by atoms with Crippen LogP contribution in [0, 0.1) is 0 Å². The van der Waals surface area contributed by atoms with E-state index in [9.17, 15) is 22.8 Å². The first-order valence-corrected chi connectivity index (χ1v) is 15.2. The summed E-state index contributed by atoms with van der Waals surface area (Å²) in [5.74, 6) is -0.678. The Balaban J connectivity index is 1.49. The molecule has 11 nitrogen and oxygen atoms in total. The molecule has 2 aromatic rings. The Morgan fingerprint density at radius 2 is 1.88 bits per heavy atom. The summed E-state index contributed by atoms with van der Waals surface area (Å²) in [5, 5.41) is 12.1. The van der Waals surface area contributed by atoms with Crippen LogP contribution in [0.15, 0.2) is 41.3 Å². The second kappa shape index (κ2) is 12.4. The highest BCUT2D eigenvalue weighted by molar-refractivity contribution is 7.89. The highest BCUT2D eigenvalue weighted by Crippen LogP contribution is 2.36. The van der Waals surface area contributed by atoms with Crippen molar-refractivity contribution in [3.8, 4) is 5.75 Å². The molecular formula is C28H36ClN5O6S. The zero-order chi connectivity index (χ0) is 29.9. The zero-order valence-corrected chi connectivity index (χ0v) is 25.1. The molecule has 2 unspecified atom stereocenters. The molecule has 13 heteroatoms. The first kappa shape index (κ1) is 30.8. The van der Waals surface area contributed by atoms with Crippen LogP contribution >= 0.6 is 11.6 Å². The van der Waals surface area contributed by atoms with Crippen molar-refractivity contribution in [2.45, 2.75) is 69.6 Å². The number of rotatable bonds is 8. The first-order chi connectivity index (χ1) is 19.2. The highest BCUT2D eigenvalue weighted by atomic mass is 35.5. The summed E-state index contributed by atoms with van der Waals surface area (Å²) in [6.07, 6.45) is 0.136. The summed E-state index contributed by atoms with van der Waals surface area (Å²) in [6, 6.07) is 7.68. The van der Waals surface area contributed by atoms with Gasteiger partial charge < -0.3 is 26.0 Å². The fourth-order valence-corrected chi connectivity index (χ4v) is 6.58. The van der Waals surface area contributed by atoms with E-state index in [0.29, 0.717) is 36.0 Å². The van der Waals surface area contributed by atoms with Gasteiger partial charge in [0, 0.05) is 54.8 Å². The lowest BCUT2D eigenvalue weighted by Gasteiger charge is -2.34. The highest BCUT2D eigenvalue weighted by Gasteiger charge is 2.40. The average Bonchev–Trinajstić information content (AvgIpc) is 2.88. The number of fused-ring (bicyclic) bond motifs is 1. The summed E-state index contributed by atoms with van der Waals surface area (Å²) in [5.41, 5.74) is 1.95. The Labute approximate surface area is 245 Å². The third kappa shape index (κ3) is 7.56. The Morgan fingerprint density at radius 3 is 2.54 bits per heavy atom. The van der Waals surface area contributed by atoms with Gasteiger partial charge in [-0.25, -0.2) is 8.42 Å². The third-order valence-electron chi connectivity index (χ3n) is 6.80. The molecule has 0 spiro atoms. The fourth-order valence-electron chi connectivity index (χ4n) is 4.75. The first-order valence-electron chi connectivity index (χ1n) is 13.4. The molecule has 41 heavy (non-hydrogen) atoms. The maximum absolute atomic E-state index is 13.5. The van der Waals surface area contributed by atoms with Crippen LogP contribution in [0.4, 0.5) is 5.69 Å². The van der Waals surface area contributed by atoms with E-state index in [0.717, 1.165) is 15.4 Å². The summed E-state index contributed by atoms with van der Waals surface area (Å²) in [6.45, 7) is 8.60. The van der Waals surface area contributed by atoms with Crippen molar-refractivity contribution in [1.82, 2.24) is 20.3 Å². The lowest BCUT2D eigenvalue weighted by Crippen LogP contribution is -2.58. The number of piperazine rings is 1. The number of amides is 3. The SMILES string of the molecule is CC(=O)Nc1ccc(S(=O)(=O)N2CCNC(=O)C2CC(=O)NC2CCOc3cc(CNC(C)(C)C)c(Cl)cc32)cc1. The van der Waals surface area contributed by atoms with E-state index in [1.807, 2.05) is 6.07 Å². The number of benzene rings is 2. The molecule has 0 bridgehead atoms. The van der Waals surface area contributed by atoms with Gasteiger partial charge in [-0.1, -0.05) is 11.6 Å². The van der Waals surface area contributed by atoms with Gasteiger partial charge in [-0.05, 0) is 62.7 Å². The van der Waals surface area contributed by atoms with Crippen molar-refractivity contribution in [1.29, 1.82) is 0 Å². The zero-order valence-electron chi connectivity index (χ0n) is 23.5. The topological polar surface area (TPSA) is 146 Å². The summed E-state index contributed by atoms with van der Waals surface area (Å²) >= 11 is 6.57. The monoisotopic (exact) mass is 605 g/mol. The van der Waals surface area contributed by atoms with Crippen molar-refractivity contribution in [2.24, 2.45) is 0 Å². The molecule has 4 N–H and O–H groups in total. The number of carbonyl (C=O) groups excluding carboxylic acids is 3. The molecule has 1 fully saturated rings. The molecule has 0 aromatic heterocycles. The van der Waals surface area contributed by atoms with Gasteiger partial charge >= 0.3 is 0 Å². The second-order valence-electron chi connectivity index (χ2n) is 11.2. The maximum Gasteiger partial charge on any atom is 0.243 e. The van der Waals surface area contributed by atoms with E-state index >= 15 is 0 Å². The predicted molar refractivity (Wildman–Crippen MR) is 155 cm³/mol. The van der Waals surface area contributed by atoms with Crippen LogP contribution in [0.1, 0.15) is 57.7 Å². The van der Waals surface area contributed by atoms with E-state index in [1.54, 1.807) is 6.07 Å². The van der Waals surface area contributed by atoms with Crippen LogP contribution in [-0.4, -0.2) is 61.7 Å². The molecule has 0 radical (unpaired) electrons. The Hall–Kier alpha value is -3.19. The van der Waals surface area contributed by atoms with Gasteiger partial charge in [-0.15, -0.1) is 0 Å². The van der Waals surface area contributed by atoms with E-state index < -0.39 is 33.9 Å². The number of hydrogen-bond donors (Lipinski definition) is 4. The van der Waals surface area contributed by atoms with Crippen molar-refractivity contribution < 1.29 is 27.5 Å². The molecule has 2 aromatic carbocycles. The lowest BCUT2D eigenvalue weighted by molar-refractivity contribution is -0.132. The minimum Gasteiger partial charge on any atom is -0.493 e. The summed E-state index contributed by atoms with van der Waals surface area (Å²) < 4.78 is 33.9. The largest absolute Gasteiger partial charge is 0.493 e. The van der Waals surface area contributed by atoms with Crippen molar-refractivity contribution in [3.05, 3.63) is 52.5 Å². The predicted octanol–water partition coefficient (Wildman–Crippen LogP) is 2.71. The van der Waals surface area contributed by atoms with Gasteiger partial charge in [-0.3, -0.25) is 14.4 Å². The number of carbonyl (C=O) groups is 3. The Morgan fingerprint density at radius 1 is 1.17 bits per heavy atom. The van der Waals surface area contributed by atoms with Gasteiger partial charge in [0.2, 0.25) is 27.7 Å².